The van der Waals surface area contributed by atoms with Crippen LogP contribution in [0.2, 0.25) is 0 Å². The number of ether oxygens (including phenoxy) is 2. The van der Waals surface area contributed by atoms with Gasteiger partial charge in [0, 0.05) is 31.5 Å². The lowest BCUT2D eigenvalue weighted by molar-refractivity contribution is -0.144. The number of nitrogens with zero attached hydrogens (tertiary/aromatic N) is 1. The lowest BCUT2D eigenvalue weighted by atomic mass is 10.0. The number of rotatable bonds is 5. The van der Waals surface area contributed by atoms with Gasteiger partial charge in [-0.25, -0.2) is 9.18 Å². The number of piperidine rings is 1. The molecule has 0 saturated carbocycles. The van der Waals surface area contributed by atoms with Gasteiger partial charge in [0.2, 0.25) is 0 Å². The van der Waals surface area contributed by atoms with Gasteiger partial charge >= 0.3 is 6.09 Å². The number of carbonyl (C=O) groups excluding carboxylic acids is 2. The number of hydrogen-bond acceptors (Lipinski definition) is 4. The Bertz CT molecular complexity index is 662. The van der Waals surface area contributed by atoms with Crippen molar-refractivity contribution in [2.75, 3.05) is 13.1 Å². The van der Waals surface area contributed by atoms with Gasteiger partial charge in [-0.1, -0.05) is 13.8 Å². The van der Waals surface area contributed by atoms with Crippen molar-refractivity contribution in [3.05, 3.63) is 30.1 Å². The van der Waals surface area contributed by atoms with Crippen LogP contribution in [0.3, 0.4) is 0 Å². The van der Waals surface area contributed by atoms with Crippen molar-refractivity contribution >= 4 is 12.0 Å². The molecule has 0 unspecified atom stereocenters. The summed E-state index contributed by atoms with van der Waals surface area (Å²) >= 11 is 0. The van der Waals surface area contributed by atoms with Gasteiger partial charge in [-0.05, 0) is 51.0 Å². The van der Waals surface area contributed by atoms with E-state index in [1.807, 2.05) is 34.6 Å². The summed E-state index contributed by atoms with van der Waals surface area (Å²) in [5.41, 5.74) is -0.433. The topological polar surface area (TPSA) is 67.9 Å². The fourth-order valence-corrected chi connectivity index (χ4v) is 3.00. The summed E-state index contributed by atoms with van der Waals surface area (Å²) < 4.78 is 24.3. The highest BCUT2D eigenvalue weighted by atomic mass is 19.1. The molecule has 1 N–H and O–H groups in total. The summed E-state index contributed by atoms with van der Waals surface area (Å²) in [5, 5.41) is 2.72. The Morgan fingerprint density at radius 2 is 1.71 bits per heavy atom. The van der Waals surface area contributed by atoms with Gasteiger partial charge in [0.1, 0.15) is 17.7 Å². The predicted octanol–water partition coefficient (Wildman–Crippen LogP) is 3.74. The standard InChI is InChI=1S/C21H31FN2O4/c1-14(2)18(28-20(26)23-21(3,4)5)19(25)24-12-10-17(11-13-24)27-16-8-6-15(22)7-9-16/h6-9,14,17-18H,10-13H2,1-5H3,(H,23,26)/t18-/m0/s1. The van der Waals surface area contributed by atoms with E-state index in [2.05, 4.69) is 5.32 Å². The second-order valence-electron chi connectivity index (χ2n) is 8.54. The largest absolute Gasteiger partial charge is 0.490 e. The molecule has 1 aromatic rings. The number of amides is 2. The summed E-state index contributed by atoms with van der Waals surface area (Å²) in [4.78, 5) is 26.7. The quantitative estimate of drug-likeness (QED) is 0.826. The van der Waals surface area contributed by atoms with Crippen LogP contribution in [0, 0.1) is 11.7 Å². The molecule has 156 valence electrons. The summed E-state index contributed by atoms with van der Waals surface area (Å²) in [5.74, 6) is 0.00195. The molecule has 1 atom stereocenters. The molecule has 2 amide bonds. The molecule has 1 saturated heterocycles. The van der Waals surface area contributed by atoms with Crippen molar-refractivity contribution in [3.8, 4) is 5.75 Å². The lowest BCUT2D eigenvalue weighted by Gasteiger charge is -2.35. The predicted molar refractivity (Wildman–Crippen MR) is 105 cm³/mol. The van der Waals surface area contributed by atoms with Gasteiger partial charge in [-0.15, -0.1) is 0 Å². The number of nitrogens with one attached hydrogen (secondary N) is 1. The SMILES string of the molecule is CC(C)[C@H](OC(=O)NC(C)(C)C)C(=O)N1CCC(Oc2ccc(F)cc2)CC1. The Labute approximate surface area is 166 Å². The number of hydrogen-bond donors (Lipinski definition) is 1. The van der Waals surface area contributed by atoms with E-state index < -0.39 is 17.7 Å². The minimum atomic E-state index is -0.822. The van der Waals surface area contributed by atoms with E-state index in [1.54, 1.807) is 17.0 Å². The van der Waals surface area contributed by atoms with Crippen LogP contribution < -0.4 is 10.1 Å². The number of carbonyl (C=O) groups is 2. The summed E-state index contributed by atoms with van der Waals surface area (Å²) in [6.45, 7) is 10.3. The average molecular weight is 394 g/mol. The molecule has 7 heteroatoms. The van der Waals surface area contributed by atoms with Gasteiger partial charge < -0.3 is 19.7 Å². The second kappa shape index (κ2) is 9.26. The monoisotopic (exact) mass is 394 g/mol. The molecule has 0 bridgehead atoms. The number of halogens is 1. The van der Waals surface area contributed by atoms with Crippen LogP contribution in [0.1, 0.15) is 47.5 Å². The summed E-state index contributed by atoms with van der Waals surface area (Å²) in [7, 11) is 0. The molecular formula is C21H31FN2O4. The smallest absolute Gasteiger partial charge is 0.408 e. The van der Waals surface area contributed by atoms with Gasteiger partial charge in [-0.2, -0.15) is 0 Å². The minimum absolute atomic E-state index is 0.0304. The molecule has 2 rings (SSSR count). The number of alkyl carbamates (subject to hydrolysis) is 1. The Morgan fingerprint density at radius 1 is 1.14 bits per heavy atom. The molecule has 0 radical (unpaired) electrons. The first-order valence-electron chi connectivity index (χ1n) is 9.75. The molecule has 1 heterocycles. The van der Waals surface area contributed by atoms with Gasteiger partial charge in [0.15, 0.2) is 6.10 Å². The third kappa shape index (κ3) is 6.69. The van der Waals surface area contributed by atoms with Crippen molar-refractivity contribution < 1.29 is 23.5 Å². The Hall–Kier alpha value is -2.31. The third-order valence-corrected chi connectivity index (χ3v) is 4.43. The van der Waals surface area contributed by atoms with Crippen molar-refractivity contribution in [1.82, 2.24) is 10.2 Å². The van der Waals surface area contributed by atoms with Crippen LogP contribution >= 0.6 is 0 Å². The molecule has 0 spiro atoms. The fourth-order valence-electron chi connectivity index (χ4n) is 3.00. The van der Waals surface area contributed by atoms with Crippen LogP contribution in [0.25, 0.3) is 0 Å². The molecule has 28 heavy (non-hydrogen) atoms. The highest BCUT2D eigenvalue weighted by Gasteiger charge is 2.33. The maximum atomic E-state index is 13.0. The second-order valence-corrected chi connectivity index (χ2v) is 8.54. The van der Waals surface area contributed by atoms with Crippen LogP contribution in [0.4, 0.5) is 9.18 Å². The highest BCUT2D eigenvalue weighted by molar-refractivity contribution is 5.84. The lowest BCUT2D eigenvalue weighted by Crippen LogP contribution is -2.50. The van der Waals surface area contributed by atoms with E-state index in [0.29, 0.717) is 31.7 Å². The Morgan fingerprint density at radius 3 is 2.21 bits per heavy atom. The van der Waals surface area contributed by atoms with Crippen molar-refractivity contribution in [2.24, 2.45) is 5.92 Å². The Balaban J connectivity index is 1.89. The summed E-state index contributed by atoms with van der Waals surface area (Å²) in [6, 6.07) is 5.93. The van der Waals surface area contributed by atoms with Crippen LogP contribution in [0.5, 0.6) is 5.75 Å². The first-order chi connectivity index (χ1) is 13.0. The number of likely N-dealkylation sites (tertiary alicyclic amines) is 1. The van der Waals surface area contributed by atoms with Gasteiger partial charge in [0.05, 0.1) is 0 Å². The summed E-state index contributed by atoms with van der Waals surface area (Å²) in [6.07, 6.45) is -0.104. The molecule has 0 aromatic heterocycles. The zero-order valence-corrected chi connectivity index (χ0v) is 17.3. The van der Waals surface area contributed by atoms with Gasteiger partial charge in [0.25, 0.3) is 5.91 Å². The number of benzene rings is 1. The maximum absolute atomic E-state index is 13.0. The molecule has 1 aliphatic heterocycles. The zero-order valence-electron chi connectivity index (χ0n) is 17.3. The van der Waals surface area contributed by atoms with E-state index in [9.17, 15) is 14.0 Å². The molecule has 1 aliphatic rings. The van der Waals surface area contributed by atoms with E-state index in [0.717, 1.165) is 0 Å². The molecular weight excluding hydrogens is 363 g/mol. The first-order valence-corrected chi connectivity index (χ1v) is 9.75. The van der Waals surface area contributed by atoms with Crippen LogP contribution in [-0.2, 0) is 9.53 Å². The highest BCUT2D eigenvalue weighted by Crippen LogP contribution is 2.21. The average Bonchev–Trinajstić information content (AvgIpc) is 2.60. The Kier molecular flexibility index (Phi) is 7.27. The van der Waals surface area contributed by atoms with E-state index in [4.69, 9.17) is 9.47 Å². The van der Waals surface area contributed by atoms with Crippen molar-refractivity contribution in [2.45, 2.75) is 65.2 Å². The van der Waals surface area contributed by atoms with E-state index in [-0.39, 0.29) is 23.7 Å². The first kappa shape index (κ1) is 22.0. The maximum Gasteiger partial charge on any atom is 0.408 e. The zero-order chi connectivity index (χ0) is 20.9. The van der Waals surface area contributed by atoms with Gasteiger partial charge in [-0.3, -0.25) is 4.79 Å². The molecule has 1 fully saturated rings. The van der Waals surface area contributed by atoms with Crippen molar-refractivity contribution in [1.29, 1.82) is 0 Å². The van der Waals surface area contributed by atoms with Crippen molar-refractivity contribution in [3.63, 3.8) is 0 Å². The molecule has 6 nitrogen and oxygen atoms in total. The normalized spacial score (nSPS) is 16.6. The van der Waals surface area contributed by atoms with Crippen LogP contribution in [0.15, 0.2) is 24.3 Å². The van der Waals surface area contributed by atoms with E-state index >= 15 is 0 Å². The molecule has 1 aromatic carbocycles. The fraction of sp³-hybridized carbons (Fsp3) is 0.619. The minimum Gasteiger partial charge on any atom is -0.490 e. The van der Waals surface area contributed by atoms with E-state index in [1.165, 1.54) is 12.1 Å². The van der Waals surface area contributed by atoms with Crippen LogP contribution in [-0.4, -0.2) is 47.7 Å². The molecule has 0 aliphatic carbocycles. The third-order valence-electron chi connectivity index (χ3n) is 4.43.